The minimum atomic E-state index is -0.102. The van der Waals surface area contributed by atoms with Gasteiger partial charge in [0.15, 0.2) is 5.82 Å². The Balaban J connectivity index is 1.26. The molecule has 32 heavy (non-hydrogen) atoms. The number of carbonyl (C=O) groups is 1. The molecule has 2 heterocycles. The molecule has 0 spiro atoms. The van der Waals surface area contributed by atoms with E-state index in [9.17, 15) is 4.79 Å². The molecule has 0 saturated carbocycles. The maximum absolute atomic E-state index is 12.5. The molecule has 1 amide bonds. The highest BCUT2D eigenvalue weighted by atomic mass is 32.1. The molecule has 1 aliphatic rings. The zero-order chi connectivity index (χ0) is 22.2. The molecule has 8 heteroatoms. The quantitative estimate of drug-likeness (QED) is 0.499. The highest BCUT2D eigenvalue weighted by Crippen LogP contribution is 2.24. The number of morpholine rings is 1. The van der Waals surface area contributed by atoms with Crippen LogP contribution in [0.3, 0.4) is 0 Å². The average molecular weight is 453 g/mol. The van der Waals surface area contributed by atoms with Crippen molar-refractivity contribution in [3.63, 3.8) is 0 Å². The van der Waals surface area contributed by atoms with E-state index in [1.54, 1.807) is 12.1 Å². The van der Waals surface area contributed by atoms with Crippen molar-refractivity contribution in [1.29, 1.82) is 0 Å². The molecule has 2 aromatic carbocycles. The largest absolute Gasteiger partial charge is 0.430 e. The number of nitrogens with one attached hydrogen (secondary N) is 1. The molecule has 168 valence electrons. The van der Waals surface area contributed by atoms with Crippen molar-refractivity contribution < 1.29 is 14.3 Å². The van der Waals surface area contributed by atoms with Crippen molar-refractivity contribution in [2.75, 3.05) is 39.4 Å². The van der Waals surface area contributed by atoms with Gasteiger partial charge in [-0.25, -0.2) is 0 Å². The third kappa shape index (κ3) is 6.59. The normalized spacial score (nSPS) is 14.3. The molecule has 1 fully saturated rings. The van der Waals surface area contributed by atoms with Crippen LogP contribution >= 0.6 is 11.5 Å². The summed E-state index contributed by atoms with van der Waals surface area (Å²) in [4.78, 5) is 19.3. The highest BCUT2D eigenvalue weighted by Gasteiger charge is 2.12. The summed E-state index contributed by atoms with van der Waals surface area (Å²) in [5.74, 6) is 1.20. The Bertz CT molecular complexity index is 1020. The van der Waals surface area contributed by atoms with Crippen LogP contribution in [0.15, 0.2) is 48.5 Å². The van der Waals surface area contributed by atoms with E-state index in [0.29, 0.717) is 29.5 Å². The fourth-order valence-corrected chi connectivity index (χ4v) is 4.04. The summed E-state index contributed by atoms with van der Waals surface area (Å²) in [5, 5.41) is 3.45. The molecule has 0 radical (unpaired) electrons. The van der Waals surface area contributed by atoms with Gasteiger partial charge >= 0.3 is 0 Å². The first-order valence-corrected chi connectivity index (χ1v) is 11.7. The zero-order valence-corrected chi connectivity index (χ0v) is 19.1. The fourth-order valence-electron chi connectivity index (χ4n) is 3.47. The first-order chi connectivity index (χ1) is 15.7. The van der Waals surface area contributed by atoms with E-state index in [4.69, 9.17) is 9.47 Å². The molecule has 0 aliphatic carbocycles. The van der Waals surface area contributed by atoms with E-state index in [2.05, 4.69) is 50.8 Å². The molecule has 0 atom stereocenters. The average Bonchev–Trinajstić information content (AvgIpc) is 3.25. The third-order valence-electron chi connectivity index (χ3n) is 5.27. The van der Waals surface area contributed by atoms with E-state index in [-0.39, 0.29) is 5.91 Å². The predicted octanol–water partition coefficient (Wildman–Crippen LogP) is 3.68. The van der Waals surface area contributed by atoms with Gasteiger partial charge in [-0.3, -0.25) is 9.69 Å². The van der Waals surface area contributed by atoms with Gasteiger partial charge in [-0.1, -0.05) is 35.9 Å². The Morgan fingerprint density at radius 1 is 1.19 bits per heavy atom. The molecule has 1 saturated heterocycles. The second kappa shape index (κ2) is 11.2. The van der Waals surface area contributed by atoms with Crippen LogP contribution in [0.25, 0.3) is 0 Å². The maximum Gasteiger partial charge on any atom is 0.298 e. The van der Waals surface area contributed by atoms with Crippen molar-refractivity contribution in [3.8, 4) is 10.9 Å². The Morgan fingerprint density at radius 2 is 2.00 bits per heavy atom. The number of amides is 1. The molecule has 0 unspecified atom stereocenters. The summed E-state index contributed by atoms with van der Waals surface area (Å²) in [6, 6.07) is 15.5. The molecule has 3 aromatic rings. The molecule has 4 rings (SSSR count). The number of hydrogen-bond donors (Lipinski definition) is 1. The van der Waals surface area contributed by atoms with Crippen LogP contribution in [-0.4, -0.2) is 59.6 Å². The van der Waals surface area contributed by atoms with Gasteiger partial charge in [0.25, 0.3) is 11.1 Å². The van der Waals surface area contributed by atoms with E-state index in [1.807, 2.05) is 12.1 Å². The number of nitrogens with zero attached hydrogens (tertiary/aromatic N) is 3. The zero-order valence-electron chi connectivity index (χ0n) is 18.3. The Kier molecular flexibility index (Phi) is 7.82. The van der Waals surface area contributed by atoms with Crippen LogP contribution < -0.4 is 10.1 Å². The van der Waals surface area contributed by atoms with E-state index in [0.717, 1.165) is 50.7 Å². The summed E-state index contributed by atoms with van der Waals surface area (Å²) >= 11 is 1.21. The van der Waals surface area contributed by atoms with Gasteiger partial charge in [0.1, 0.15) is 5.75 Å². The molecular weight excluding hydrogens is 424 g/mol. The smallest absolute Gasteiger partial charge is 0.298 e. The Hall–Kier alpha value is -2.81. The lowest BCUT2D eigenvalue weighted by atomic mass is 10.1. The highest BCUT2D eigenvalue weighted by molar-refractivity contribution is 7.07. The first-order valence-electron chi connectivity index (χ1n) is 10.9. The number of hydrogen-bond acceptors (Lipinski definition) is 7. The Labute approximate surface area is 192 Å². The predicted molar refractivity (Wildman–Crippen MR) is 125 cm³/mol. The second-order valence-corrected chi connectivity index (χ2v) is 8.55. The van der Waals surface area contributed by atoms with Crippen molar-refractivity contribution in [2.24, 2.45) is 0 Å². The van der Waals surface area contributed by atoms with E-state index in [1.165, 1.54) is 17.1 Å². The van der Waals surface area contributed by atoms with Crippen molar-refractivity contribution in [1.82, 2.24) is 19.6 Å². The number of carbonyl (C=O) groups excluding carboxylic acids is 1. The minimum Gasteiger partial charge on any atom is -0.430 e. The van der Waals surface area contributed by atoms with E-state index < -0.39 is 0 Å². The van der Waals surface area contributed by atoms with Gasteiger partial charge in [-0.05, 0) is 43.7 Å². The molecule has 7 nitrogen and oxygen atoms in total. The minimum absolute atomic E-state index is 0.102. The van der Waals surface area contributed by atoms with Gasteiger partial charge in [-0.2, -0.15) is 9.36 Å². The third-order valence-corrected chi connectivity index (χ3v) is 5.91. The van der Waals surface area contributed by atoms with Crippen LogP contribution in [-0.2, 0) is 11.2 Å². The summed E-state index contributed by atoms with van der Waals surface area (Å²) < 4.78 is 15.6. The van der Waals surface area contributed by atoms with E-state index >= 15 is 0 Å². The van der Waals surface area contributed by atoms with Crippen molar-refractivity contribution >= 4 is 17.4 Å². The van der Waals surface area contributed by atoms with Gasteiger partial charge < -0.3 is 14.8 Å². The van der Waals surface area contributed by atoms with Gasteiger partial charge in [-0.15, -0.1) is 0 Å². The summed E-state index contributed by atoms with van der Waals surface area (Å²) in [6.07, 6.45) is 1.57. The van der Waals surface area contributed by atoms with Crippen molar-refractivity contribution in [3.05, 3.63) is 71.0 Å². The summed E-state index contributed by atoms with van der Waals surface area (Å²) in [6.45, 7) is 7.19. The second-order valence-electron chi connectivity index (χ2n) is 7.83. The lowest BCUT2D eigenvalue weighted by Crippen LogP contribution is -2.38. The topological polar surface area (TPSA) is 76.6 Å². The molecule has 0 bridgehead atoms. The van der Waals surface area contributed by atoms with Crippen LogP contribution in [0.1, 0.15) is 33.7 Å². The summed E-state index contributed by atoms with van der Waals surface area (Å²) in [7, 11) is 0. The number of aryl methyl sites for hydroxylation is 1. The fraction of sp³-hybridized carbons (Fsp3) is 0.375. The van der Waals surface area contributed by atoms with Gasteiger partial charge in [0.2, 0.25) is 0 Å². The lowest BCUT2D eigenvalue weighted by molar-refractivity contribution is 0.0374. The molecular formula is C24H28N4O3S. The molecule has 1 N–H and O–H groups in total. The number of rotatable bonds is 9. The standard InChI is InChI=1S/C24H28N4O3S/c1-18-6-8-19(9-7-18)16-22-26-24(32-27-22)31-21-5-2-4-20(17-21)23(29)25-10-3-11-28-12-14-30-15-13-28/h2,4-9,17H,3,10-16H2,1H3,(H,25,29). The lowest BCUT2D eigenvalue weighted by Gasteiger charge is -2.26. The Morgan fingerprint density at radius 3 is 2.81 bits per heavy atom. The van der Waals surface area contributed by atoms with Crippen LogP contribution in [0, 0.1) is 6.92 Å². The molecule has 1 aromatic heterocycles. The van der Waals surface area contributed by atoms with Gasteiger partial charge in [0, 0.05) is 43.2 Å². The molecule has 1 aliphatic heterocycles. The van der Waals surface area contributed by atoms with Crippen LogP contribution in [0.5, 0.6) is 10.9 Å². The number of ether oxygens (including phenoxy) is 2. The van der Waals surface area contributed by atoms with Crippen molar-refractivity contribution in [2.45, 2.75) is 19.8 Å². The number of benzene rings is 2. The monoisotopic (exact) mass is 452 g/mol. The van der Waals surface area contributed by atoms with Crippen LogP contribution in [0.2, 0.25) is 0 Å². The SMILES string of the molecule is Cc1ccc(Cc2nsc(Oc3cccc(C(=O)NCCCN4CCOCC4)c3)n2)cc1. The summed E-state index contributed by atoms with van der Waals surface area (Å²) in [5.41, 5.74) is 2.95. The number of aromatic nitrogens is 2. The van der Waals surface area contributed by atoms with Crippen LogP contribution in [0.4, 0.5) is 0 Å². The maximum atomic E-state index is 12.5. The van der Waals surface area contributed by atoms with Gasteiger partial charge in [0.05, 0.1) is 13.2 Å². The first kappa shape index (κ1) is 22.4.